The van der Waals surface area contributed by atoms with E-state index < -0.39 is 0 Å². The summed E-state index contributed by atoms with van der Waals surface area (Å²) >= 11 is 0. The molecule has 21 heavy (non-hydrogen) atoms. The molecule has 4 fully saturated rings. The topological polar surface area (TPSA) is 40.5 Å². The van der Waals surface area contributed by atoms with Gasteiger partial charge in [-0.2, -0.15) is 0 Å². The normalized spacial score (nSPS) is 48.9. The second-order valence-corrected chi connectivity index (χ2v) is 8.55. The van der Waals surface area contributed by atoms with Gasteiger partial charge in [-0.1, -0.05) is 51.4 Å². The fraction of sp³-hybridized carbons (Fsp3) is 1.00. The lowest BCUT2D eigenvalue weighted by molar-refractivity contribution is -0.0714. The van der Waals surface area contributed by atoms with Gasteiger partial charge in [0.05, 0.1) is 12.2 Å². The van der Waals surface area contributed by atoms with E-state index in [2.05, 4.69) is 0 Å². The highest BCUT2D eigenvalue weighted by molar-refractivity contribution is 5.02. The van der Waals surface area contributed by atoms with E-state index in [1.165, 1.54) is 70.6 Å². The van der Waals surface area contributed by atoms with E-state index in [0.29, 0.717) is 17.8 Å². The zero-order valence-corrected chi connectivity index (χ0v) is 13.3. The van der Waals surface area contributed by atoms with Gasteiger partial charge in [-0.3, -0.25) is 0 Å². The van der Waals surface area contributed by atoms with Crippen LogP contribution in [-0.4, -0.2) is 22.4 Å². The van der Waals surface area contributed by atoms with E-state index in [1.807, 2.05) is 0 Å². The van der Waals surface area contributed by atoms with Crippen molar-refractivity contribution >= 4 is 0 Å². The molecule has 0 amide bonds. The summed E-state index contributed by atoms with van der Waals surface area (Å²) in [6.45, 7) is 0. The molecule has 4 saturated carbocycles. The molecule has 4 rings (SSSR count). The smallest absolute Gasteiger partial charge is 0.0626 e. The molecule has 4 unspecified atom stereocenters. The van der Waals surface area contributed by atoms with Crippen LogP contribution in [0.4, 0.5) is 0 Å². The highest BCUT2D eigenvalue weighted by Crippen LogP contribution is 2.54. The second-order valence-electron chi connectivity index (χ2n) is 8.55. The molecular formula is C19H32O2. The van der Waals surface area contributed by atoms with Crippen LogP contribution in [0.25, 0.3) is 0 Å². The number of rotatable bonds is 2. The Morgan fingerprint density at radius 2 is 1.05 bits per heavy atom. The summed E-state index contributed by atoms with van der Waals surface area (Å²) in [6.07, 6.45) is 14.0. The predicted molar refractivity (Wildman–Crippen MR) is 83.7 cm³/mol. The van der Waals surface area contributed by atoms with Crippen molar-refractivity contribution in [2.45, 2.75) is 82.8 Å². The number of fused-ring (bicyclic) bond motifs is 1. The maximum Gasteiger partial charge on any atom is 0.0626 e. The van der Waals surface area contributed by atoms with Crippen LogP contribution in [0.3, 0.4) is 0 Å². The lowest BCUT2D eigenvalue weighted by atomic mass is 9.68. The Morgan fingerprint density at radius 1 is 0.524 bits per heavy atom. The van der Waals surface area contributed by atoms with Crippen molar-refractivity contribution in [3.8, 4) is 0 Å². The maximum atomic E-state index is 11.0. The molecule has 0 bridgehead atoms. The molecule has 0 radical (unpaired) electrons. The molecule has 6 atom stereocenters. The first-order chi connectivity index (χ1) is 10.3. The molecule has 2 heteroatoms. The quantitative estimate of drug-likeness (QED) is 0.813. The van der Waals surface area contributed by atoms with Gasteiger partial charge in [0.15, 0.2) is 0 Å². The van der Waals surface area contributed by atoms with Crippen LogP contribution < -0.4 is 0 Å². The van der Waals surface area contributed by atoms with E-state index in [4.69, 9.17) is 0 Å². The lowest BCUT2D eigenvalue weighted by Crippen LogP contribution is -2.44. The zero-order valence-electron chi connectivity index (χ0n) is 13.3. The third kappa shape index (κ3) is 2.47. The second kappa shape index (κ2) is 5.85. The van der Waals surface area contributed by atoms with Gasteiger partial charge in [0.2, 0.25) is 0 Å². The summed E-state index contributed by atoms with van der Waals surface area (Å²) in [5.41, 5.74) is 0. The van der Waals surface area contributed by atoms with Crippen molar-refractivity contribution in [3.63, 3.8) is 0 Å². The summed E-state index contributed by atoms with van der Waals surface area (Å²) in [7, 11) is 0. The molecule has 0 aromatic heterocycles. The summed E-state index contributed by atoms with van der Waals surface area (Å²) < 4.78 is 0. The molecule has 2 N–H and O–H groups in total. The van der Waals surface area contributed by atoms with Crippen molar-refractivity contribution in [2.75, 3.05) is 0 Å². The highest BCUT2D eigenvalue weighted by atomic mass is 16.3. The standard InChI is InChI=1S/C19H32O2/c20-18-15(12-5-1-2-6-12)10-9-14-11-16(19(21)17(14)18)13-7-3-4-8-13/h12-21H,1-11H2/t14?,15-,16-,17?,18?,19?/m1/s1. The third-order valence-electron chi connectivity index (χ3n) is 7.67. The third-order valence-corrected chi connectivity index (χ3v) is 7.67. The number of hydrogen-bond donors (Lipinski definition) is 2. The Morgan fingerprint density at radius 3 is 1.67 bits per heavy atom. The number of aliphatic hydroxyl groups excluding tert-OH is 2. The van der Waals surface area contributed by atoms with Crippen molar-refractivity contribution in [3.05, 3.63) is 0 Å². The van der Waals surface area contributed by atoms with E-state index in [9.17, 15) is 10.2 Å². The first kappa shape index (κ1) is 14.5. The summed E-state index contributed by atoms with van der Waals surface area (Å²) in [5.74, 6) is 3.31. The van der Waals surface area contributed by atoms with Gasteiger partial charge >= 0.3 is 0 Å². The molecule has 0 aromatic carbocycles. The predicted octanol–water partition coefficient (Wildman–Crippen LogP) is 3.75. The molecule has 0 spiro atoms. The SMILES string of the molecule is OC1C2C(CC[C@@H]1C1CCCC1)C[C@H](C1CCCC1)C2O. The van der Waals surface area contributed by atoms with E-state index >= 15 is 0 Å². The molecule has 0 heterocycles. The Kier molecular flexibility index (Phi) is 4.04. The molecular weight excluding hydrogens is 260 g/mol. The van der Waals surface area contributed by atoms with Crippen molar-refractivity contribution < 1.29 is 10.2 Å². The van der Waals surface area contributed by atoms with Gasteiger partial charge < -0.3 is 10.2 Å². The van der Waals surface area contributed by atoms with E-state index in [1.54, 1.807) is 0 Å². The fourth-order valence-corrected chi connectivity index (χ4v) is 6.62. The van der Waals surface area contributed by atoms with Crippen LogP contribution in [0.5, 0.6) is 0 Å². The lowest BCUT2D eigenvalue weighted by Gasteiger charge is -2.41. The van der Waals surface area contributed by atoms with Crippen LogP contribution in [0.1, 0.15) is 70.6 Å². The van der Waals surface area contributed by atoms with Crippen LogP contribution in [0.15, 0.2) is 0 Å². The number of aliphatic hydroxyl groups is 2. The summed E-state index contributed by atoms with van der Waals surface area (Å²) in [4.78, 5) is 0. The zero-order chi connectivity index (χ0) is 14.4. The average Bonchev–Trinajstić information content (AvgIpc) is 3.19. The molecule has 120 valence electrons. The maximum absolute atomic E-state index is 11.0. The Hall–Kier alpha value is -0.0800. The molecule has 0 aromatic rings. The van der Waals surface area contributed by atoms with E-state index in [-0.39, 0.29) is 18.1 Å². The van der Waals surface area contributed by atoms with Gasteiger partial charge in [0, 0.05) is 5.92 Å². The van der Waals surface area contributed by atoms with Crippen molar-refractivity contribution in [1.29, 1.82) is 0 Å². The van der Waals surface area contributed by atoms with Gasteiger partial charge in [-0.05, 0) is 48.9 Å². The molecule has 4 aliphatic rings. The van der Waals surface area contributed by atoms with Gasteiger partial charge in [0.25, 0.3) is 0 Å². The number of hydrogen-bond acceptors (Lipinski definition) is 2. The largest absolute Gasteiger partial charge is 0.392 e. The van der Waals surface area contributed by atoms with Gasteiger partial charge in [-0.15, -0.1) is 0 Å². The first-order valence-electron chi connectivity index (χ1n) is 9.62. The average molecular weight is 292 g/mol. The summed E-state index contributed by atoms with van der Waals surface area (Å²) in [6, 6.07) is 0. The minimum Gasteiger partial charge on any atom is -0.392 e. The van der Waals surface area contributed by atoms with Crippen LogP contribution in [0, 0.1) is 35.5 Å². The van der Waals surface area contributed by atoms with Crippen LogP contribution in [0.2, 0.25) is 0 Å². The Labute approximate surface area is 129 Å². The van der Waals surface area contributed by atoms with Crippen molar-refractivity contribution in [1.82, 2.24) is 0 Å². The molecule has 2 nitrogen and oxygen atoms in total. The van der Waals surface area contributed by atoms with E-state index in [0.717, 1.165) is 11.8 Å². The monoisotopic (exact) mass is 292 g/mol. The first-order valence-corrected chi connectivity index (χ1v) is 9.62. The molecule has 0 aliphatic heterocycles. The van der Waals surface area contributed by atoms with Gasteiger partial charge in [-0.25, -0.2) is 0 Å². The molecule has 0 saturated heterocycles. The minimum atomic E-state index is -0.215. The fourth-order valence-electron chi connectivity index (χ4n) is 6.62. The van der Waals surface area contributed by atoms with Gasteiger partial charge in [0.1, 0.15) is 0 Å². The minimum absolute atomic E-state index is 0.204. The Balaban J connectivity index is 1.48. The molecule has 4 aliphatic carbocycles. The highest BCUT2D eigenvalue weighted by Gasteiger charge is 2.53. The van der Waals surface area contributed by atoms with Crippen LogP contribution >= 0.6 is 0 Å². The Bertz CT molecular complexity index is 343. The summed E-state index contributed by atoms with van der Waals surface area (Å²) in [5, 5.41) is 21.9. The van der Waals surface area contributed by atoms with Crippen LogP contribution in [-0.2, 0) is 0 Å². The van der Waals surface area contributed by atoms with Crippen molar-refractivity contribution in [2.24, 2.45) is 35.5 Å².